The van der Waals surface area contributed by atoms with Crippen LogP contribution in [0.2, 0.25) is 0 Å². The number of ether oxygens (including phenoxy) is 1. The molecule has 0 atom stereocenters. The van der Waals surface area contributed by atoms with E-state index < -0.39 is 11.6 Å². The first-order valence-corrected chi connectivity index (χ1v) is 5.73. The highest BCUT2D eigenvalue weighted by Crippen LogP contribution is 2.17. The van der Waals surface area contributed by atoms with Crippen LogP contribution in [0, 0.1) is 11.6 Å². The number of carbonyl (C=O) groups is 1. The standard InChI is InChI=1S/C12H14F2N2O2.ClH/c13-9-1-2-11(10(14)7-9)18-8-12(17)16-5-3-15-4-6-16;/h1-2,7,15H,3-6,8H2;1H. The lowest BCUT2D eigenvalue weighted by Crippen LogP contribution is -2.47. The van der Waals surface area contributed by atoms with Crippen molar-refractivity contribution in [3.8, 4) is 5.75 Å². The van der Waals surface area contributed by atoms with Gasteiger partial charge in [-0.3, -0.25) is 4.79 Å². The van der Waals surface area contributed by atoms with Gasteiger partial charge in [-0.15, -0.1) is 12.4 Å². The Hall–Kier alpha value is -1.40. The summed E-state index contributed by atoms with van der Waals surface area (Å²) in [6.45, 7) is 2.50. The van der Waals surface area contributed by atoms with Crippen LogP contribution >= 0.6 is 12.4 Å². The molecule has 0 radical (unpaired) electrons. The Morgan fingerprint density at radius 3 is 2.63 bits per heavy atom. The van der Waals surface area contributed by atoms with Gasteiger partial charge in [0.2, 0.25) is 0 Å². The van der Waals surface area contributed by atoms with Crippen molar-refractivity contribution in [2.75, 3.05) is 32.8 Å². The molecule has 1 fully saturated rings. The number of hydrogen-bond donors (Lipinski definition) is 1. The normalized spacial score (nSPS) is 14.7. The van der Waals surface area contributed by atoms with Crippen LogP contribution in [0.3, 0.4) is 0 Å². The van der Waals surface area contributed by atoms with Gasteiger partial charge < -0.3 is 15.0 Å². The van der Waals surface area contributed by atoms with Gasteiger partial charge in [0.1, 0.15) is 5.82 Å². The van der Waals surface area contributed by atoms with Crippen molar-refractivity contribution in [2.24, 2.45) is 0 Å². The van der Waals surface area contributed by atoms with Gasteiger partial charge in [-0.05, 0) is 12.1 Å². The number of nitrogens with zero attached hydrogens (tertiary/aromatic N) is 1. The van der Waals surface area contributed by atoms with Gasteiger partial charge >= 0.3 is 0 Å². The van der Waals surface area contributed by atoms with Crippen LogP contribution in [0.15, 0.2) is 18.2 Å². The minimum absolute atomic E-state index is 0. The zero-order valence-corrected chi connectivity index (χ0v) is 11.0. The highest BCUT2D eigenvalue weighted by molar-refractivity contribution is 5.85. The molecule has 2 rings (SSSR count). The fraction of sp³-hybridized carbons (Fsp3) is 0.417. The molecule has 0 bridgehead atoms. The topological polar surface area (TPSA) is 41.6 Å². The molecule has 1 aromatic rings. The average Bonchev–Trinajstić information content (AvgIpc) is 2.38. The van der Waals surface area contributed by atoms with Crippen LogP contribution in [0.4, 0.5) is 8.78 Å². The van der Waals surface area contributed by atoms with Gasteiger partial charge in [-0.25, -0.2) is 8.78 Å². The van der Waals surface area contributed by atoms with Crippen molar-refractivity contribution in [1.29, 1.82) is 0 Å². The summed E-state index contributed by atoms with van der Waals surface area (Å²) in [4.78, 5) is 13.4. The quantitative estimate of drug-likeness (QED) is 0.910. The van der Waals surface area contributed by atoms with Gasteiger partial charge in [0.25, 0.3) is 5.91 Å². The van der Waals surface area contributed by atoms with E-state index in [0.29, 0.717) is 13.1 Å². The Morgan fingerprint density at radius 1 is 1.32 bits per heavy atom. The number of piperazine rings is 1. The number of nitrogens with one attached hydrogen (secondary N) is 1. The largest absolute Gasteiger partial charge is 0.481 e. The minimum atomic E-state index is -0.803. The van der Waals surface area contributed by atoms with Crippen LogP contribution in [-0.2, 0) is 4.79 Å². The van der Waals surface area contributed by atoms with Crippen molar-refractivity contribution in [1.82, 2.24) is 10.2 Å². The number of halogens is 3. The van der Waals surface area contributed by atoms with E-state index in [1.165, 1.54) is 6.07 Å². The van der Waals surface area contributed by atoms with E-state index in [-0.39, 0.29) is 30.7 Å². The molecule has 0 aliphatic carbocycles. The summed E-state index contributed by atoms with van der Waals surface area (Å²) in [7, 11) is 0. The Labute approximate surface area is 116 Å². The average molecular weight is 293 g/mol. The summed E-state index contributed by atoms with van der Waals surface area (Å²) in [5, 5.41) is 3.12. The molecule has 7 heteroatoms. The molecule has 0 spiro atoms. The SMILES string of the molecule is Cl.O=C(COc1ccc(F)cc1F)N1CCNCC1. The Kier molecular flexibility index (Phi) is 5.98. The number of hydrogen-bond acceptors (Lipinski definition) is 3. The van der Waals surface area contributed by atoms with E-state index in [1.54, 1.807) is 4.90 Å². The molecule has 19 heavy (non-hydrogen) atoms. The second kappa shape index (κ2) is 7.25. The first kappa shape index (κ1) is 15.7. The van der Waals surface area contributed by atoms with Crippen LogP contribution in [0.25, 0.3) is 0 Å². The third-order valence-corrected chi connectivity index (χ3v) is 2.71. The highest BCUT2D eigenvalue weighted by atomic mass is 35.5. The molecule has 106 valence electrons. The molecule has 0 saturated carbocycles. The van der Waals surface area contributed by atoms with E-state index in [4.69, 9.17) is 4.74 Å². The van der Waals surface area contributed by atoms with Crippen LogP contribution < -0.4 is 10.1 Å². The second-order valence-corrected chi connectivity index (χ2v) is 3.99. The Balaban J connectivity index is 0.00000180. The van der Waals surface area contributed by atoms with Gasteiger partial charge in [-0.1, -0.05) is 0 Å². The van der Waals surface area contributed by atoms with Gasteiger partial charge in [0.05, 0.1) is 0 Å². The third-order valence-electron chi connectivity index (χ3n) is 2.71. The van der Waals surface area contributed by atoms with Crippen LogP contribution in [0.1, 0.15) is 0 Å². The molecule has 1 aliphatic heterocycles. The molecular weight excluding hydrogens is 278 g/mol. The maximum absolute atomic E-state index is 13.2. The predicted molar refractivity (Wildman–Crippen MR) is 68.6 cm³/mol. The molecule has 0 aromatic heterocycles. The van der Waals surface area contributed by atoms with Crippen molar-refractivity contribution in [3.63, 3.8) is 0 Å². The summed E-state index contributed by atoms with van der Waals surface area (Å²) < 4.78 is 31.0. The molecule has 1 aromatic carbocycles. The van der Waals surface area contributed by atoms with Crippen molar-refractivity contribution >= 4 is 18.3 Å². The van der Waals surface area contributed by atoms with E-state index in [2.05, 4.69) is 5.32 Å². The fourth-order valence-electron chi connectivity index (χ4n) is 1.74. The molecule has 1 heterocycles. The smallest absolute Gasteiger partial charge is 0.260 e. The fourth-order valence-corrected chi connectivity index (χ4v) is 1.74. The molecular formula is C12H15ClF2N2O2. The first-order chi connectivity index (χ1) is 8.66. The van der Waals surface area contributed by atoms with Gasteiger partial charge in [-0.2, -0.15) is 0 Å². The maximum atomic E-state index is 13.2. The lowest BCUT2D eigenvalue weighted by Gasteiger charge is -2.27. The molecule has 4 nitrogen and oxygen atoms in total. The van der Waals surface area contributed by atoms with Crippen molar-refractivity contribution < 1.29 is 18.3 Å². The zero-order valence-electron chi connectivity index (χ0n) is 10.2. The van der Waals surface area contributed by atoms with E-state index >= 15 is 0 Å². The predicted octanol–water partition coefficient (Wildman–Crippen LogP) is 1.20. The lowest BCUT2D eigenvalue weighted by atomic mass is 10.3. The summed E-state index contributed by atoms with van der Waals surface area (Å²) in [5.41, 5.74) is 0. The van der Waals surface area contributed by atoms with Crippen LogP contribution in [0.5, 0.6) is 5.75 Å². The van der Waals surface area contributed by atoms with Gasteiger partial charge in [0, 0.05) is 32.2 Å². The van der Waals surface area contributed by atoms with E-state index in [9.17, 15) is 13.6 Å². The van der Waals surface area contributed by atoms with Crippen LogP contribution in [-0.4, -0.2) is 43.6 Å². The van der Waals surface area contributed by atoms with E-state index in [1.807, 2.05) is 0 Å². The number of rotatable bonds is 3. The molecule has 1 amide bonds. The molecule has 0 unspecified atom stereocenters. The lowest BCUT2D eigenvalue weighted by molar-refractivity contribution is -0.133. The molecule has 1 aliphatic rings. The summed E-state index contributed by atoms with van der Waals surface area (Å²) in [6.07, 6.45) is 0. The Morgan fingerprint density at radius 2 is 2.00 bits per heavy atom. The molecule has 1 N–H and O–H groups in total. The monoisotopic (exact) mass is 292 g/mol. The minimum Gasteiger partial charge on any atom is -0.481 e. The summed E-state index contributed by atoms with van der Waals surface area (Å²) in [6, 6.07) is 2.99. The second-order valence-electron chi connectivity index (χ2n) is 3.99. The summed E-state index contributed by atoms with van der Waals surface area (Å²) >= 11 is 0. The van der Waals surface area contributed by atoms with E-state index in [0.717, 1.165) is 25.2 Å². The first-order valence-electron chi connectivity index (χ1n) is 5.73. The third kappa shape index (κ3) is 4.33. The maximum Gasteiger partial charge on any atom is 0.260 e. The Bertz CT molecular complexity index is 440. The number of benzene rings is 1. The van der Waals surface area contributed by atoms with Crippen molar-refractivity contribution in [3.05, 3.63) is 29.8 Å². The van der Waals surface area contributed by atoms with Crippen molar-refractivity contribution in [2.45, 2.75) is 0 Å². The zero-order chi connectivity index (χ0) is 13.0. The highest BCUT2D eigenvalue weighted by Gasteiger charge is 2.17. The van der Waals surface area contributed by atoms with Gasteiger partial charge in [0.15, 0.2) is 18.2 Å². The summed E-state index contributed by atoms with van der Waals surface area (Å²) in [5.74, 6) is -1.78. The molecule has 1 saturated heterocycles. The number of carbonyl (C=O) groups excluding carboxylic acids is 1. The number of amides is 1.